The van der Waals surface area contributed by atoms with Crippen molar-refractivity contribution in [2.24, 2.45) is 5.92 Å². The maximum atomic E-state index is 11.6. The van der Waals surface area contributed by atoms with Crippen LogP contribution in [-0.2, 0) is 9.53 Å². The van der Waals surface area contributed by atoms with Crippen LogP contribution in [-0.4, -0.2) is 35.5 Å². The van der Waals surface area contributed by atoms with E-state index in [1.54, 1.807) is 0 Å². The maximum absolute atomic E-state index is 11.6. The van der Waals surface area contributed by atoms with E-state index < -0.39 is 6.10 Å². The van der Waals surface area contributed by atoms with Gasteiger partial charge in [0.2, 0.25) is 0 Å². The molecule has 0 heterocycles. The second-order valence-electron chi connectivity index (χ2n) is 4.07. The normalized spacial score (nSPS) is 12.8. The van der Waals surface area contributed by atoms with Gasteiger partial charge in [-0.15, -0.1) is 0 Å². The number of aliphatic hydroxyl groups is 2. The molecule has 1 atom stereocenters. The zero-order valence-corrected chi connectivity index (χ0v) is 10.3. The van der Waals surface area contributed by atoms with E-state index >= 15 is 0 Å². The summed E-state index contributed by atoms with van der Waals surface area (Å²) in [6, 6.07) is 0. The monoisotopic (exact) mass is 232 g/mol. The molecular formula is C12H24O4. The summed E-state index contributed by atoms with van der Waals surface area (Å²) in [5.41, 5.74) is 0. The molecule has 2 N–H and O–H groups in total. The van der Waals surface area contributed by atoms with Crippen LogP contribution in [0.3, 0.4) is 0 Å². The van der Waals surface area contributed by atoms with Gasteiger partial charge in [-0.05, 0) is 12.8 Å². The summed E-state index contributed by atoms with van der Waals surface area (Å²) in [6.45, 7) is 3.99. The van der Waals surface area contributed by atoms with Crippen molar-refractivity contribution in [3.63, 3.8) is 0 Å². The van der Waals surface area contributed by atoms with Gasteiger partial charge in [0.05, 0.1) is 25.2 Å². The molecule has 0 aliphatic heterocycles. The number of hydrogen-bond acceptors (Lipinski definition) is 4. The van der Waals surface area contributed by atoms with E-state index in [2.05, 4.69) is 0 Å². The molecule has 0 amide bonds. The molecule has 0 radical (unpaired) electrons. The van der Waals surface area contributed by atoms with Crippen LogP contribution in [0.4, 0.5) is 0 Å². The second kappa shape index (κ2) is 9.60. The molecule has 0 aromatic rings. The van der Waals surface area contributed by atoms with Gasteiger partial charge in [-0.25, -0.2) is 0 Å². The molecule has 0 saturated carbocycles. The maximum Gasteiger partial charge on any atom is 0.308 e. The van der Waals surface area contributed by atoms with Crippen molar-refractivity contribution in [1.82, 2.24) is 0 Å². The van der Waals surface area contributed by atoms with E-state index in [1.807, 2.05) is 13.8 Å². The summed E-state index contributed by atoms with van der Waals surface area (Å²) in [4.78, 5) is 11.6. The number of carbonyl (C=O) groups excluding carboxylic acids is 1. The Morgan fingerprint density at radius 2 is 1.75 bits per heavy atom. The van der Waals surface area contributed by atoms with Gasteiger partial charge in [-0.1, -0.05) is 26.7 Å². The molecule has 96 valence electrons. The Labute approximate surface area is 97.6 Å². The van der Waals surface area contributed by atoms with Crippen molar-refractivity contribution in [3.8, 4) is 0 Å². The minimum atomic E-state index is -0.788. The minimum Gasteiger partial charge on any atom is -0.465 e. The van der Waals surface area contributed by atoms with Crippen molar-refractivity contribution >= 4 is 5.97 Å². The first kappa shape index (κ1) is 15.4. The predicted octanol–water partition coefficient (Wildman–Crippen LogP) is 1.49. The van der Waals surface area contributed by atoms with Gasteiger partial charge in [-0.3, -0.25) is 4.79 Å². The fourth-order valence-corrected chi connectivity index (χ4v) is 1.58. The van der Waals surface area contributed by atoms with Crippen LogP contribution in [0.15, 0.2) is 0 Å². The average Bonchev–Trinajstić information content (AvgIpc) is 2.28. The summed E-state index contributed by atoms with van der Waals surface area (Å²) in [7, 11) is 0. The number of aliphatic hydroxyl groups excluding tert-OH is 2. The summed E-state index contributed by atoms with van der Waals surface area (Å²) in [5.74, 6) is -0.185. The Morgan fingerprint density at radius 3 is 2.19 bits per heavy atom. The molecular weight excluding hydrogens is 208 g/mol. The summed E-state index contributed by atoms with van der Waals surface area (Å²) >= 11 is 0. The molecule has 0 rings (SSSR count). The first-order chi connectivity index (χ1) is 7.65. The third-order valence-electron chi connectivity index (χ3n) is 2.51. The highest BCUT2D eigenvalue weighted by atomic mass is 16.5. The lowest BCUT2D eigenvalue weighted by Crippen LogP contribution is -2.21. The largest absolute Gasteiger partial charge is 0.465 e. The van der Waals surface area contributed by atoms with Crippen molar-refractivity contribution in [3.05, 3.63) is 0 Å². The van der Waals surface area contributed by atoms with Crippen molar-refractivity contribution < 1.29 is 19.7 Å². The Hall–Kier alpha value is -0.610. The number of esters is 1. The van der Waals surface area contributed by atoms with E-state index in [1.165, 1.54) is 0 Å². The molecule has 0 spiro atoms. The van der Waals surface area contributed by atoms with Crippen LogP contribution >= 0.6 is 0 Å². The van der Waals surface area contributed by atoms with Crippen molar-refractivity contribution in [1.29, 1.82) is 0 Å². The topological polar surface area (TPSA) is 66.8 Å². The molecule has 4 heteroatoms. The molecule has 0 unspecified atom stereocenters. The van der Waals surface area contributed by atoms with Gasteiger partial charge in [0.1, 0.15) is 0 Å². The van der Waals surface area contributed by atoms with Crippen LogP contribution in [0.1, 0.15) is 46.0 Å². The van der Waals surface area contributed by atoms with Gasteiger partial charge < -0.3 is 14.9 Å². The first-order valence-corrected chi connectivity index (χ1v) is 6.11. The lowest BCUT2D eigenvalue weighted by atomic mass is 9.99. The molecule has 16 heavy (non-hydrogen) atoms. The van der Waals surface area contributed by atoms with Gasteiger partial charge >= 0.3 is 5.97 Å². The quantitative estimate of drug-likeness (QED) is 0.591. The zero-order valence-electron chi connectivity index (χ0n) is 10.3. The number of hydrogen-bond donors (Lipinski definition) is 2. The summed E-state index contributed by atoms with van der Waals surface area (Å²) < 4.78 is 5.07. The average molecular weight is 232 g/mol. The Morgan fingerprint density at radius 1 is 1.19 bits per heavy atom. The SMILES string of the molecule is CCCC(CCC)C(=O)OCC[C@H](O)CO. The molecule has 0 aliphatic carbocycles. The van der Waals surface area contributed by atoms with Gasteiger partial charge in [0, 0.05) is 6.42 Å². The molecule has 0 aromatic heterocycles. The molecule has 0 aromatic carbocycles. The Kier molecular flexibility index (Phi) is 9.24. The van der Waals surface area contributed by atoms with Crippen molar-refractivity contribution in [2.45, 2.75) is 52.1 Å². The number of rotatable bonds is 9. The molecule has 0 fully saturated rings. The van der Waals surface area contributed by atoms with Crippen LogP contribution in [0, 0.1) is 5.92 Å². The lowest BCUT2D eigenvalue weighted by molar-refractivity contribution is -0.149. The van der Waals surface area contributed by atoms with Crippen molar-refractivity contribution in [2.75, 3.05) is 13.2 Å². The second-order valence-corrected chi connectivity index (χ2v) is 4.07. The fraction of sp³-hybridized carbons (Fsp3) is 0.917. The van der Waals surface area contributed by atoms with E-state index in [-0.39, 0.29) is 25.1 Å². The molecule has 0 saturated heterocycles. The smallest absolute Gasteiger partial charge is 0.308 e. The number of ether oxygens (including phenoxy) is 1. The summed E-state index contributed by atoms with van der Waals surface area (Å²) in [6.07, 6.45) is 3.17. The standard InChI is InChI=1S/C12H24O4/c1-3-5-10(6-4-2)12(15)16-8-7-11(14)9-13/h10-11,13-14H,3-9H2,1-2H3/t11-/m0/s1. The third kappa shape index (κ3) is 6.80. The van der Waals surface area contributed by atoms with E-state index in [4.69, 9.17) is 14.9 Å². The fourth-order valence-electron chi connectivity index (χ4n) is 1.58. The number of carbonyl (C=O) groups is 1. The van der Waals surface area contributed by atoms with Gasteiger partial charge in [0.25, 0.3) is 0 Å². The highest BCUT2D eigenvalue weighted by molar-refractivity contribution is 5.72. The third-order valence-corrected chi connectivity index (χ3v) is 2.51. The molecule has 0 aliphatic rings. The lowest BCUT2D eigenvalue weighted by Gasteiger charge is -2.15. The van der Waals surface area contributed by atoms with E-state index in [0.717, 1.165) is 25.7 Å². The summed E-state index contributed by atoms with van der Waals surface area (Å²) in [5, 5.41) is 17.7. The zero-order chi connectivity index (χ0) is 12.4. The van der Waals surface area contributed by atoms with E-state index in [0.29, 0.717) is 6.42 Å². The van der Waals surface area contributed by atoms with Crippen LogP contribution in [0.5, 0.6) is 0 Å². The Balaban J connectivity index is 3.81. The highest BCUT2D eigenvalue weighted by Crippen LogP contribution is 2.15. The van der Waals surface area contributed by atoms with Crippen LogP contribution in [0.25, 0.3) is 0 Å². The van der Waals surface area contributed by atoms with E-state index in [9.17, 15) is 4.79 Å². The first-order valence-electron chi connectivity index (χ1n) is 6.11. The molecule has 0 bridgehead atoms. The van der Waals surface area contributed by atoms with Gasteiger partial charge in [0.15, 0.2) is 0 Å². The molecule has 4 nitrogen and oxygen atoms in total. The minimum absolute atomic E-state index is 0.0127. The van der Waals surface area contributed by atoms with Crippen LogP contribution < -0.4 is 0 Å². The Bertz CT molecular complexity index is 176. The highest BCUT2D eigenvalue weighted by Gasteiger charge is 2.18. The van der Waals surface area contributed by atoms with Gasteiger partial charge in [-0.2, -0.15) is 0 Å². The predicted molar refractivity (Wildman–Crippen MR) is 62.0 cm³/mol. The van der Waals surface area contributed by atoms with Crippen LogP contribution in [0.2, 0.25) is 0 Å².